The number of para-hydroxylation sites is 1. The highest BCUT2D eigenvalue weighted by Crippen LogP contribution is 2.34. The number of nitrogens with zero attached hydrogens (tertiary/aromatic N) is 1. The van der Waals surface area contributed by atoms with Gasteiger partial charge in [0.05, 0.1) is 11.4 Å². The third-order valence-electron chi connectivity index (χ3n) is 5.10. The van der Waals surface area contributed by atoms with Gasteiger partial charge in [-0.15, -0.1) is 0 Å². The largest absolute Gasteiger partial charge is 0.311 e. The van der Waals surface area contributed by atoms with Crippen LogP contribution in [0.5, 0.6) is 0 Å². The number of hydrogen-bond acceptors (Lipinski definition) is 3. The number of rotatable bonds is 5. The predicted molar refractivity (Wildman–Crippen MR) is 119 cm³/mol. The summed E-state index contributed by atoms with van der Waals surface area (Å²) in [6, 6.07) is 27.5. The molecule has 1 heterocycles. The van der Waals surface area contributed by atoms with Gasteiger partial charge in [-0.1, -0.05) is 72.4 Å². The minimum atomic E-state index is -0.264. The van der Waals surface area contributed by atoms with Crippen molar-refractivity contribution >= 4 is 28.4 Å². The first-order valence-electron chi connectivity index (χ1n) is 9.46. The maximum absolute atomic E-state index is 12.3. The first-order chi connectivity index (χ1) is 14.0. The zero-order valence-corrected chi connectivity index (χ0v) is 17.1. The van der Waals surface area contributed by atoms with Crippen LogP contribution in [0.1, 0.15) is 24.0 Å². The summed E-state index contributed by atoms with van der Waals surface area (Å²) in [5.41, 5.74) is 2.86. The maximum Gasteiger partial charge on any atom is 0.251 e. The highest BCUT2D eigenvalue weighted by Gasteiger charge is 2.19. The van der Waals surface area contributed by atoms with E-state index in [1.807, 2.05) is 78.9 Å². The second-order valence-electron chi connectivity index (χ2n) is 7.05. The minimum Gasteiger partial charge on any atom is -0.311 e. The van der Waals surface area contributed by atoms with E-state index < -0.39 is 0 Å². The summed E-state index contributed by atoms with van der Waals surface area (Å²) in [6.07, 6.45) is 0. The lowest BCUT2D eigenvalue weighted by Crippen LogP contribution is -2.16. The lowest BCUT2D eigenvalue weighted by atomic mass is 9.88. The molecule has 3 aromatic carbocycles. The Bertz CT molecular complexity index is 1230. The zero-order valence-electron chi connectivity index (χ0n) is 16.3. The number of ketones is 1. The Morgan fingerprint density at radius 1 is 0.862 bits per heavy atom. The van der Waals surface area contributed by atoms with Gasteiger partial charge in [0, 0.05) is 28.3 Å². The van der Waals surface area contributed by atoms with Gasteiger partial charge in [-0.2, -0.15) is 0 Å². The Morgan fingerprint density at radius 2 is 1.48 bits per heavy atom. The van der Waals surface area contributed by atoms with E-state index in [0.29, 0.717) is 0 Å². The van der Waals surface area contributed by atoms with E-state index in [4.69, 9.17) is 0 Å². The minimum absolute atomic E-state index is 0.0245. The molecule has 0 saturated heterocycles. The van der Waals surface area contributed by atoms with Gasteiger partial charge in [0.2, 0.25) is 0 Å². The number of benzene rings is 3. The fraction of sp³-hybridized carbons (Fsp3) is 0.120. The maximum atomic E-state index is 12.3. The van der Waals surface area contributed by atoms with Crippen LogP contribution in [0.15, 0.2) is 99.5 Å². The molecule has 0 aliphatic carbocycles. The molecule has 4 rings (SSSR count). The molecule has 0 spiro atoms. The van der Waals surface area contributed by atoms with Gasteiger partial charge in [-0.3, -0.25) is 9.59 Å². The van der Waals surface area contributed by atoms with E-state index in [9.17, 15) is 9.59 Å². The van der Waals surface area contributed by atoms with Gasteiger partial charge >= 0.3 is 0 Å². The molecule has 0 saturated carbocycles. The van der Waals surface area contributed by atoms with Crippen LogP contribution in [0.3, 0.4) is 0 Å². The van der Waals surface area contributed by atoms with Crippen molar-refractivity contribution in [2.45, 2.75) is 22.6 Å². The third kappa shape index (κ3) is 3.89. The number of pyridine rings is 1. The lowest BCUT2D eigenvalue weighted by Gasteiger charge is -2.15. The van der Waals surface area contributed by atoms with Crippen molar-refractivity contribution < 1.29 is 4.79 Å². The molecule has 0 amide bonds. The Labute approximate surface area is 174 Å². The predicted octanol–water partition coefficient (Wildman–Crippen LogP) is 5.41. The molecule has 0 fully saturated rings. The summed E-state index contributed by atoms with van der Waals surface area (Å²) in [7, 11) is 1.79. The van der Waals surface area contributed by atoms with E-state index in [-0.39, 0.29) is 17.3 Å². The summed E-state index contributed by atoms with van der Waals surface area (Å²) in [5.74, 6) is -0.144. The van der Waals surface area contributed by atoms with E-state index in [1.54, 1.807) is 36.4 Å². The van der Waals surface area contributed by atoms with E-state index in [2.05, 4.69) is 0 Å². The Morgan fingerprint density at radius 3 is 2.17 bits per heavy atom. The topological polar surface area (TPSA) is 39.1 Å². The van der Waals surface area contributed by atoms with Crippen LogP contribution in [0, 0.1) is 0 Å². The van der Waals surface area contributed by atoms with Gasteiger partial charge < -0.3 is 4.57 Å². The van der Waals surface area contributed by atoms with Gasteiger partial charge in [0.15, 0.2) is 0 Å². The zero-order chi connectivity index (χ0) is 20.4. The Balaban J connectivity index is 1.67. The molecule has 0 aliphatic rings. The van der Waals surface area contributed by atoms with Crippen LogP contribution >= 0.6 is 11.8 Å². The fourth-order valence-electron chi connectivity index (χ4n) is 3.63. The summed E-state index contributed by atoms with van der Waals surface area (Å²) in [4.78, 5) is 26.6. The van der Waals surface area contributed by atoms with Crippen LogP contribution in [0.4, 0.5) is 0 Å². The van der Waals surface area contributed by atoms with Crippen molar-refractivity contribution in [2.75, 3.05) is 0 Å². The molecular formula is C25H21NO2S. The smallest absolute Gasteiger partial charge is 0.251 e. The van der Waals surface area contributed by atoms with Gasteiger partial charge in [-0.25, -0.2) is 0 Å². The normalized spacial score (nSPS) is 12.1. The summed E-state index contributed by atoms with van der Waals surface area (Å²) in [6.45, 7) is 1.63. The highest BCUT2D eigenvalue weighted by atomic mass is 32.2. The van der Waals surface area contributed by atoms with Crippen LogP contribution in [-0.4, -0.2) is 10.4 Å². The average molecular weight is 400 g/mol. The number of hydrogen-bond donors (Lipinski definition) is 0. The van der Waals surface area contributed by atoms with Crippen LogP contribution < -0.4 is 5.56 Å². The number of fused-ring (bicyclic) bond motifs is 1. The molecule has 1 atom stereocenters. The van der Waals surface area contributed by atoms with E-state index >= 15 is 0 Å². The van der Waals surface area contributed by atoms with Crippen LogP contribution in [0.2, 0.25) is 0 Å². The number of carbonyl (C=O) groups is 1. The van der Waals surface area contributed by atoms with Crippen LogP contribution in [0.25, 0.3) is 10.9 Å². The molecule has 0 radical (unpaired) electrons. The van der Waals surface area contributed by atoms with Gasteiger partial charge in [-0.05, 0) is 36.2 Å². The second kappa shape index (κ2) is 8.10. The van der Waals surface area contributed by atoms with E-state index in [1.165, 1.54) is 0 Å². The molecule has 0 bridgehead atoms. The molecule has 144 valence electrons. The number of carbonyl (C=O) groups excluding carboxylic acids is 1. The van der Waals surface area contributed by atoms with Gasteiger partial charge in [0.25, 0.3) is 5.56 Å². The first-order valence-corrected chi connectivity index (χ1v) is 10.3. The molecule has 4 aromatic rings. The van der Waals surface area contributed by atoms with Crippen molar-refractivity contribution in [3.05, 3.63) is 106 Å². The lowest BCUT2D eigenvalue weighted by molar-refractivity contribution is -0.117. The van der Waals surface area contributed by atoms with E-state index in [0.717, 1.165) is 31.8 Å². The first kappa shape index (κ1) is 19.2. The highest BCUT2D eigenvalue weighted by molar-refractivity contribution is 7.99. The summed E-state index contributed by atoms with van der Waals surface area (Å²) < 4.78 is 1.67. The molecular weight excluding hydrogens is 378 g/mol. The molecule has 0 N–H and O–H groups in total. The van der Waals surface area contributed by atoms with Gasteiger partial charge in [0.1, 0.15) is 5.78 Å². The number of Topliss-reactive ketones (excluding diaryl/α,β-unsaturated/α-hetero) is 1. The van der Waals surface area contributed by atoms with Crippen molar-refractivity contribution in [1.29, 1.82) is 0 Å². The average Bonchev–Trinajstić information content (AvgIpc) is 2.74. The third-order valence-corrected chi connectivity index (χ3v) is 6.16. The SMILES string of the molecule is CC(=O)C(c1ccccc1)c1ccc(Sc2cc(=O)n(C)c3ccccc23)cc1. The fourth-order valence-corrected chi connectivity index (χ4v) is 4.60. The number of aryl methyl sites for hydroxylation is 1. The second-order valence-corrected chi connectivity index (χ2v) is 8.16. The van der Waals surface area contributed by atoms with Crippen molar-refractivity contribution in [3.63, 3.8) is 0 Å². The Kier molecular flexibility index (Phi) is 5.36. The van der Waals surface area contributed by atoms with Crippen molar-refractivity contribution in [2.24, 2.45) is 7.05 Å². The Hall–Kier alpha value is -3.11. The summed E-state index contributed by atoms with van der Waals surface area (Å²) in [5, 5.41) is 1.05. The molecule has 1 unspecified atom stereocenters. The monoisotopic (exact) mass is 399 g/mol. The number of aromatic nitrogens is 1. The van der Waals surface area contributed by atoms with Crippen molar-refractivity contribution in [3.8, 4) is 0 Å². The molecule has 0 aliphatic heterocycles. The van der Waals surface area contributed by atoms with Crippen LogP contribution in [-0.2, 0) is 11.8 Å². The molecule has 3 nitrogen and oxygen atoms in total. The quantitative estimate of drug-likeness (QED) is 0.450. The van der Waals surface area contributed by atoms with Crippen molar-refractivity contribution in [1.82, 2.24) is 4.57 Å². The summed E-state index contributed by atoms with van der Waals surface area (Å²) >= 11 is 1.57. The molecule has 1 aromatic heterocycles. The molecule has 29 heavy (non-hydrogen) atoms. The standard InChI is InChI=1S/C25H21NO2S/c1-17(27)25(18-8-4-3-5-9-18)19-12-14-20(15-13-19)29-23-16-24(28)26(2)22-11-7-6-10-21(22)23/h3-16,25H,1-2H3. The molecule has 4 heteroatoms.